The van der Waals surface area contributed by atoms with Gasteiger partial charge in [-0.15, -0.1) is 0 Å². The minimum atomic E-state index is -0.519. The third-order valence-electron chi connectivity index (χ3n) is 3.86. The Hall–Kier alpha value is -2.19. The van der Waals surface area contributed by atoms with Gasteiger partial charge in [0.1, 0.15) is 0 Å². The minimum absolute atomic E-state index is 0.519. The summed E-state index contributed by atoms with van der Waals surface area (Å²) in [6, 6.07) is 18.4. The second-order valence-corrected chi connectivity index (χ2v) is 5.34. The normalized spacial score (nSPS) is 12.5. The van der Waals surface area contributed by atoms with Crippen molar-refractivity contribution in [2.24, 2.45) is 0 Å². The summed E-state index contributed by atoms with van der Waals surface area (Å²) in [7, 11) is 0. The fourth-order valence-corrected chi connectivity index (χ4v) is 2.52. The fraction of sp³-hybridized carbons (Fsp3) is 0.211. The highest BCUT2D eigenvalue weighted by atomic mass is 16.3. The zero-order chi connectivity index (χ0) is 14.7. The van der Waals surface area contributed by atoms with Crippen molar-refractivity contribution in [3.63, 3.8) is 0 Å². The molecular formula is C19H19NO. The molecule has 1 aromatic heterocycles. The molecule has 106 valence electrons. The van der Waals surface area contributed by atoms with E-state index in [-0.39, 0.29) is 0 Å². The largest absolute Gasteiger partial charge is 0.388 e. The summed E-state index contributed by atoms with van der Waals surface area (Å²) >= 11 is 0. The van der Waals surface area contributed by atoms with E-state index in [9.17, 15) is 5.11 Å². The Labute approximate surface area is 125 Å². The quantitative estimate of drug-likeness (QED) is 0.779. The molecule has 2 nitrogen and oxygen atoms in total. The fourth-order valence-electron chi connectivity index (χ4n) is 2.52. The van der Waals surface area contributed by atoms with Crippen LogP contribution < -0.4 is 0 Å². The molecule has 0 amide bonds. The van der Waals surface area contributed by atoms with Crippen LogP contribution in [-0.2, 0) is 12.8 Å². The van der Waals surface area contributed by atoms with Gasteiger partial charge in [0.25, 0.3) is 0 Å². The Morgan fingerprint density at radius 1 is 1.00 bits per heavy atom. The summed E-state index contributed by atoms with van der Waals surface area (Å²) in [5.74, 6) is 0. The summed E-state index contributed by atoms with van der Waals surface area (Å²) < 4.78 is 0. The number of pyridine rings is 1. The first-order valence-corrected chi connectivity index (χ1v) is 7.37. The van der Waals surface area contributed by atoms with E-state index >= 15 is 0 Å². The van der Waals surface area contributed by atoms with Gasteiger partial charge in [-0.1, -0.05) is 49.4 Å². The van der Waals surface area contributed by atoms with Gasteiger partial charge in [-0.05, 0) is 40.5 Å². The van der Waals surface area contributed by atoms with Gasteiger partial charge < -0.3 is 5.11 Å². The lowest BCUT2D eigenvalue weighted by Crippen LogP contribution is -2.03. The number of rotatable bonds is 4. The van der Waals surface area contributed by atoms with E-state index in [4.69, 9.17) is 0 Å². The summed E-state index contributed by atoms with van der Waals surface area (Å²) in [6.07, 6.45) is 2.90. The van der Waals surface area contributed by atoms with Crippen molar-refractivity contribution < 1.29 is 5.11 Å². The highest BCUT2D eigenvalue weighted by Gasteiger charge is 2.10. The van der Waals surface area contributed by atoms with Crippen LogP contribution in [-0.4, -0.2) is 10.1 Å². The zero-order valence-electron chi connectivity index (χ0n) is 12.2. The van der Waals surface area contributed by atoms with E-state index in [1.165, 1.54) is 10.9 Å². The average molecular weight is 277 g/mol. The van der Waals surface area contributed by atoms with E-state index in [1.807, 2.05) is 30.5 Å². The molecule has 0 bridgehead atoms. The lowest BCUT2D eigenvalue weighted by Gasteiger charge is -2.12. The Kier molecular flexibility index (Phi) is 3.98. The zero-order valence-corrected chi connectivity index (χ0v) is 12.2. The first kappa shape index (κ1) is 13.8. The van der Waals surface area contributed by atoms with E-state index in [2.05, 4.69) is 42.2 Å². The van der Waals surface area contributed by atoms with Gasteiger partial charge >= 0.3 is 0 Å². The summed E-state index contributed by atoms with van der Waals surface area (Å²) in [6.45, 7) is 2.11. The van der Waals surface area contributed by atoms with Gasteiger partial charge in [-0.2, -0.15) is 0 Å². The predicted octanol–water partition coefficient (Wildman–Crippen LogP) is 4.07. The third kappa shape index (κ3) is 3.11. The van der Waals surface area contributed by atoms with Crippen LogP contribution in [0.5, 0.6) is 0 Å². The highest BCUT2D eigenvalue weighted by molar-refractivity contribution is 5.83. The number of aliphatic hydroxyl groups excluding tert-OH is 1. The number of hydrogen-bond acceptors (Lipinski definition) is 2. The average Bonchev–Trinajstić information content (AvgIpc) is 2.55. The van der Waals surface area contributed by atoms with Crippen LogP contribution in [0.2, 0.25) is 0 Å². The first-order chi connectivity index (χ1) is 10.3. The minimum Gasteiger partial charge on any atom is -0.388 e. The number of nitrogens with zero attached hydrogens (tertiary/aromatic N) is 1. The summed E-state index contributed by atoms with van der Waals surface area (Å²) in [4.78, 5) is 4.42. The Morgan fingerprint density at radius 2 is 1.81 bits per heavy atom. The van der Waals surface area contributed by atoms with Crippen molar-refractivity contribution >= 4 is 10.8 Å². The molecule has 2 heteroatoms. The molecule has 0 saturated heterocycles. The van der Waals surface area contributed by atoms with Crippen LogP contribution in [0.3, 0.4) is 0 Å². The van der Waals surface area contributed by atoms with Crippen molar-refractivity contribution in [1.29, 1.82) is 0 Å². The van der Waals surface area contributed by atoms with Gasteiger partial charge in [-0.25, -0.2) is 0 Å². The molecule has 3 rings (SSSR count). The topological polar surface area (TPSA) is 33.1 Å². The molecule has 21 heavy (non-hydrogen) atoms. The number of aryl methyl sites for hydroxylation is 1. The third-order valence-corrected chi connectivity index (χ3v) is 3.86. The molecule has 0 aliphatic heterocycles. The van der Waals surface area contributed by atoms with E-state index < -0.39 is 6.10 Å². The lowest BCUT2D eigenvalue weighted by molar-refractivity contribution is 0.177. The molecule has 1 N–H and O–H groups in total. The van der Waals surface area contributed by atoms with Crippen molar-refractivity contribution in [3.05, 3.63) is 77.6 Å². The SMILES string of the molecule is CCc1ccc(CC(O)c2ccc3ccccc3c2)nc1. The molecule has 2 aromatic carbocycles. The summed E-state index contributed by atoms with van der Waals surface area (Å²) in [5, 5.41) is 12.8. The maximum Gasteiger partial charge on any atom is 0.0845 e. The lowest BCUT2D eigenvalue weighted by atomic mass is 10.0. The monoisotopic (exact) mass is 277 g/mol. The van der Waals surface area contributed by atoms with Crippen molar-refractivity contribution in [2.75, 3.05) is 0 Å². The molecule has 1 heterocycles. The Bertz CT molecular complexity index is 734. The van der Waals surface area contributed by atoms with Crippen LogP contribution in [0.25, 0.3) is 10.8 Å². The number of aromatic nitrogens is 1. The van der Waals surface area contributed by atoms with Crippen molar-refractivity contribution in [2.45, 2.75) is 25.9 Å². The Morgan fingerprint density at radius 3 is 2.52 bits per heavy atom. The second-order valence-electron chi connectivity index (χ2n) is 5.34. The van der Waals surface area contributed by atoms with E-state index in [0.717, 1.165) is 23.1 Å². The molecule has 1 atom stereocenters. The smallest absolute Gasteiger partial charge is 0.0845 e. The van der Waals surface area contributed by atoms with E-state index in [1.54, 1.807) is 0 Å². The van der Waals surface area contributed by atoms with E-state index in [0.29, 0.717) is 6.42 Å². The maximum absolute atomic E-state index is 10.4. The van der Waals surface area contributed by atoms with Gasteiger partial charge in [0.2, 0.25) is 0 Å². The van der Waals surface area contributed by atoms with Gasteiger partial charge in [0, 0.05) is 18.3 Å². The van der Waals surface area contributed by atoms with Gasteiger partial charge in [-0.3, -0.25) is 4.98 Å². The first-order valence-electron chi connectivity index (χ1n) is 7.37. The number of aliphatic hydroxyl groups is 1. The number of benzene rings is 2. The highest BCUT2D eigenvalue weighted by Crippen LogP contribution is 2.22. The standard InChI is InChI=1S/C19H19NO/c1-2-14-7-10-18(20-13-14)12-19(21)17-9-8-15-5-3-4-6-16(15)11-17/h3-11,13,19,21H,2,12H2,1H3. The molecule has 0 aliphatic carbocycles. The summed E-state index contributed by atoms with van der Waals surface area (Å²) in [5.41, 5.74) is 3.09. The predicted molar refractivity (Wildman–Crippen MR) is 86.2 cm³/mol. The maximum atomic E-state index is 10.4. The molecule has 0 saturated carbocycles. The second kappa shape index (κ2) is 6.06. The molecule has 1 unspecified atom stereocenters. The Balaban J connectivity index is 1.80. The molecule has 0 radical (unpaired) electrons. The van der Waals surface area contributed by atoms with Crippen molar-refractivity contribution in [3.8, 4) is 0 Å². The van der Waals surface area contributed by atoms with Crippen LogP contribution in [0.15, 0.2) is 60.8 Å². The number of fused-ring (bicyclic) bond motifs is 1. The molecule has 3 aromatic rings. The molecule has 0 spiro atoms. The molecule has 0 fully saturated rings. The van der Waals surface area contributed by atoms with Gasteiger partial charge in [0.05, 0.1) is 6.10 Å². The van der Waals surface area contributed by atoms with Crippen LogP contribution in [0, 0.1) is 0 Å². The van der Waals surface area contributed by atoms with Gasteiger partial charge in [0.15, 0.2) is 0 Å². The van der Waals surface area contributed by atoms with Crippen molar-refractivity contribution in [1.82, 2.24) is 4.98 Å². The number of hydrogen-bond donors (Lipinski definition) is 1. The van der Waals surface area contributed by atoms with Crippen LogP contribution in [0.4, 0.5) is 0 Å². The van der Waals surface area contributed by atoms with Crippen LogP contribution in [0.1, 0.15) is 29.8 Å². The molecular weight excluding hydrogens is 258 g/mol. The molecule has 0 aliphatic rings. The van der Waals surface area contributed by atoms with Crippen LogP contribution >= 0.6 is 0 Å².